The Morgan fingerprint density at radius 2 is 1.89 bits per heavy atom. The van der Waals surface area contributed by atoms with Crippen molar-refractivity contribution in [2.45, 2.75) is 25.8 Å². The van der Waals surface area contributed by atoms with Gasteiger partial charge in [0.2, 0.25) is 0 Å². The zero-order valence-electron chi connectivity index (χ0n) is 11.3. The van der Waals surface area contributed by atoms with Gasteiger partial charge in [-0.25, -0.2) is 4.39 Å². The van der Waals surface area contributed by atoms with Crippen molar-refractivity contribution in [3.8, 4) is 0 Å². The monoisotopic (exact) mass is 250 g/mol. The molecular formula is C15H23FN2. The Kier molecular flexibility index (Phi) is 4.72. The molecule has 2 rings (SSSR count). The van der Waals surface area contributed by atoms with Crippen LogP contribution < -0.4 is 5.32 Å². The second-order valence-electron chi connectivity index (χ2n) is 5.43. The number of piperidine rings is 1. The molecule has 0 amide bonds. The molecule has 1 fully saturated rings. The number of hydrogen-bond donors (Lipinski definition) is 1. The van der Waals surface area contributed by atoms with Gasteiger partial charge in [-0.3, -0.25) is 0 Å². The third-order valence-electron chi connectivity index (χ3n) is 3.92. The molecule has 3 heteroatoms. The fourth-order valence-corrected chi connectivity index (χ4v) is 2.48. The number of likely N-dealkylation sites (tertiary alicyclic amines) is 1. The number of nitrogens with one attached hydrogen (secondary N) is 1. The summed E-state index contributed by atoms with van der Waals surface area (Å²) in [6.45, 7) is 5.61. The van der Waals surface area contributed by atoms with Gasteiger partial charge in [0.25, 0.3) is 0 Å². The van der Waals surface area contributed by atoms with Crippen LogP contribution in [0.5, 0.6) is 0 Å². The fraction of sp³-hybridized carbons (Fsp3) is 0.600. The van der Waals surface area contributed by atoms with Gasteiger partial charge in [-0.2, -0.15) is 0 Å². The number of hydrogen-bond acceptors (Lipinski definition) is 2. The Labute approximate surface area is 109 Å². The molecule has 1 heterocycles. The van der Waals surface area contributed by atoms with E-state index in [2.05, 4.69) is 24.2 Å². The van der Waals surface area contributed by atoms with E-state index in [1.807, 2.05) is 12.1 Å². The highest BCUT2D eigenvalue weighted by Gasteiger charge is 2.17. The summed E-state index contributed by atoms with van der Waals surface area (Å²) in [5.74, 6) is 0.616. The topological polar surface area (TPSA) is 15.3 Å². The van der Waals surface area contributed by atoms with Gasteiger partial charge >= 0.3 is 0 Å². The Balaban J connectivity index is 1.77. The maximum Gasteiger partial charge on any atom is 0.123 e. The number of rotatable bonds is 4. The first-order valence-electron chi connectivity index (χ1n) is 6.82. The maximum absolute atomic E-state index is 12.8. The molecule has 18 heavy (non-hydrogen) atoms. The third kappa shape index (κ3) is 3.79. The summed E-state index contributed by atoms with van der Waals surface area (Å²) in [6, 6.07) is 7.08. The van der Waals surface area contributed by atoms with E-state index in [4.69, 9.17) is 0 Å². The van der Waals surface area contributed by atoms with Gasteiger partial charge < -0.3 is 10.2 Å². The summed E-state index contributed by atoms with van der Waals surface area (Å²) in [5.41, 5.74) is 1.16. The smallest absolute Gasteiger partial charge is 0.123 e. The van der Waals surface area contributed by atoms with Gasteiger partial charge in [0, 0.05) is 6.04 Å². The molecule has 1 aromatic carbocycles. The Morgan fingerprint density at radius 1 is 1.28 bits per heavy atom. The van der Waals surface area contributed by atoms with E-state index in [9.17, 15) is 4.39 Å². The van der Waals surface area contributed by atoms with Crippen LogP contribution in [0.2, 0.25) is 0 Å². The number of halogens is 1. The summed E-state index contributed by atoms with van der Waals surface area (Å²) < 4.78 is 12.8. The summed E-state index contributed by atoms with van der Waals surface area (Å²) >= 11 is 0. The molecule has 0 unspecified atom stereocenters. The van der Waals surface area contributed by atoms with Crippen LogP contribution in [-0.4, -0.2) is 31.6 Å². The molecule has 1 aromatic rings. The number of nitrogens with zero attached hydrogens (tertiary/aromatic N) is 1. The molecule has 1 aliphatic rings. The summed E-state index contributed by atoms with van der Waals surface area (Å²) in [6.07, 6.45) is 2.55. The van der Waals surface area contributed by atoms with E-state index in [1.54, 1.807) is 0 Å². The van der Waals surface area contributed by atoms with E-state index in [0.29, 0.717) is 6.04 Å². The standard InChI is InChI=1S/C15H23FN2/c1-12(14-3-5-15(16)6-4-14)17-11-13-7-9-18(2)10-8-13/h3-6,12-13,17H,7-11H2,1-2H3/t12-/m0/s1. The van der Waals surface area contributed by atoms with Crippen LogP contribution in [0.4, 0.5) is 4.39 Å². The van der Waals surface area contributed by atoms with E-state index in [-0.39, 0.29) is 5.82 Å². The highest BCUT2D eigenvalue weighted by atomic mass is 19.1. The van der Waals surface area contributed by atoms with E-state index < -0.39 is 0 Å². The second kappa shape index (κ2) is 6.30. The van der Waals surface area contributed by atoms with Crippen molar-refractivity contribution in [2.24, 2.45) is 5.92 Å². The molecule has 1 N–H and O–H groups in total. The van der Waals surface area contributed by atoms with Crippen LogP contribution in [0.3, 0.4) is 0 Å². The van der Waals surface area contributed by atoms with Crippen molar-refractivity contribution in [1.29, 1.82) is 0 Å². The quantitative estimate of drug-likeness (QED) is 0.884. The van der Waals surface area contributed by atoms with Gasteiger partial charge in [-0.1, -0.05) is 12.1 Å². The maximum atomic E-state index is 12.8. The van der Waals surface area contributed by atoms with Gasteiger partial charge in [-0.05, 0) is 70.1 Å². The van der Waals surface area contributed by atoms with Gasteiger partial charge in [0.1, 0.15) is 5.82 Å². The largest absolute Gasteiger partial charge is 0.310 e. The molecule has 0 aromatic heterocycles. The lowest BCUT2D eigenvalue weighted by atomic mass is 9.96. The predicted octanol–water partition coefficient (Wildman–Crippen LogP) is 2.82. The van der Waals surface area contributed by atoms with Crippen LogP contribution in [0.25, 0.3) is 0 Å². The molecule has 0 spiro atoms. The molecule has 0 saturated carbocycles. The first kappa shape index (κ1) is 13.5. The Morgan fingerprint density at radius 3 is 2.50 bits per heavy atom. The van der Waals surface area contributed by atoms with Crippen molar-refractivity contribution >= 4 is 0 Å². The fourth-order valence-electron chi connectivity index (χ4n) is 2.48. The highest BCUT2D eigenvalue weighted by Crippen LogP contribution is 2.17. The lowest BCUT2D eigenvalue weighted by Crippen LogP contribution is -2.35. The zero-order valence-corrected chi connectivity index (χ0v) is 11.3. The second-order valence-corrected chi connectivity index (χ2v) is 5.43. The predicted molar refractivity (Wildman–Crippen MR) is 73.0 cm³/mol. The molecule has 0 radical (unpaired) electrons. The Bertz CT molecular complexity index is 355. The normalized spacial score (nSPS) is 19.9. The molecule has 1 atom stereocenters. The van der Waals surface area contributed by atoms with Gasteiger partial charge in [0.05, 0.1) is 0 Å². The minimum Gasteiger partial charge on any atom is -0.310 e. The molecular weight excluding hydrogens is 227 g/mol. The lowest BCUT2D eigenvalue weighted by Gasteiger charge is -2.30. The van der Waals surface area contributed by atoms with Crippen LogP contribution in [-0.2, 0) is 0 Å². The van der Waals surface area contributed by atoms with E-state index in [1.165, 1.54) is 38.1 Å². The van der Waals surface area contributed by atoms with Crippen molar-refractivity contribution in [3.05, 3.63) is 35.6 Å². The molecule has 1 saturated heterocycles. The first-order valence-corrected chi connectivity index (χ1v) is 6.82. The third-order valence-corrected chi connectivity index (χ3v) is 3.92. The minimum atomic E-state index is -0.165. The minimum absolute atomic E-state index is 0.165. The van der Waals surface area contributed by atoms with Crippen LogP contribution >= 0.6 is 0 Å². The molecule has 2 nitrogen and oxygen atoms in total. The van der Waals surface area contributed by atoms with Crippen LogP contribution in [0.1, 0.15) is 31.4 Å². The van der Waals surface area contributed by atoms with Crippen LogP contribution in [0, 0.1) is 11.7 Å². The van der Waals surface area contributed by atoms with Crippen molar-refractivity contribution in [3.63, 3.8) is 0 Å². The summed E-state index contributed by atoms with van der Waals surface area (Å²) in [5, 5.41) is 3.56. The van der Waals surface area contributed by atoms with Crippen molar-refractivity contribution < 1.29 is 4.39 Å². The van der Waals surface area contributed by atoms with Gasteiger partial charge in [-0.15, -0.1) is 0 Å². The first-order chi connectivity index (χ1) is 8.65. The summed E-state index contributed by atoms with van der Waals surface area (Å²) in [4.78, 5) is 2.39. The zero-order chi connectivity index (χ0) is 13.0. The van der Waals surface area contributed by atoms with E-state index in [0.717, 1.165) is 18.0 Å². The van der Waals surface area contributed by atoms with Gasteiger partial charge in [0.15, 0.2) is 0 Å². The lowest BCUT2D eigenvalue weighted by molar-refractivity contribution is 0.213. The summed E-state index contributed by atoms with van der Waals surface area (Å²) in [7, 11) is 2.19. The van der Waals surface area contributed by atoms with E-state index >= 15 is 0 Å². The highest BCUT2D eigenvalue weighted by molar-refractivity contribution is 5.19. The SMILES string of the molecule is C[C@H](NCC1CCN(C)CC1)c1ccc(F)cc1. The van der Waals surface area contributed by atoms with Crippen molar-refractivity contribution in [2.75, 3.05) is 26.7 Å². The molecule has 0 bridgehead atoms. The molecule has 1 aliphatic heterocycles. The average Bonchev–Trinajstić information content (AvgIpc) is 2.38. The number of benzene rings is 1. The average molecular weight is 250 g/mol. The van der Waals surface area contributed by atoms with Crippen LogP contribution in [0.15, 0.2) is 24.3 Å². The Hall–Kier alpha value is -0.930. The molecule has 0 aliphatic carbocycles. The molecule has 100 valence electrons. The van der Waals surface area contributed by atoms with Crippen molar-refractivity contribution in [1.82, 2.24) is 10.2 Å².